The fourth-order valence-electron chi connectivity index (χ4n) is 3.76. The van der Waals surface area contributed by atoms with Gasteiger partial charge in [0.15, 0.2) is 0 Å². The van der Waals surface area contributed by atoms with Crippen molar-refractivity contribution in [3.05, 3.63) is 0 Å². The molecule has 1 rings (SSSR count). The first kappa shape index (κ1) is 19.0. The molecule has 21 heavy (non-hydrogen) atoms. The van der Waals surface area contributed by atoms with Crippen LogP contribution in [0.1, 0.15) is 98.8 Å². The van der Waals surface area contributed by atoms with Crippen LogP contribution in [0.4, 0.5) is 0 Å². The third kappa shape index (κ3) is 7.68. The Kier molecular flexibility index (Phi) is 8.31. The van der Waals surface area contributed by atoms with Crippen LogP contribution in [0.2, 0.25) is 0 Å². The van der Waals surface area contributed by atoms with Crippen LogP contribution >= 0.6 is 0 Å². The second kappa shape index (κ2) is 9.18. The van der Waals surface area contributed by atoms with E-state index in [1.807, 2.05) is 0 Å². The first-order valence-corrected chi connectivity index (χ1v) is 9.61. The summed E-state index contributed by atoms with van der Waals surface area (Å²) in [5.74, 6) is 1.03. The molecule has 0 aliphatic heterocycles. The van der Waals surface area contributed by atoms with E-state index in [9.17, 15) is 0 Å². The lowest BCUT2D eigenvalue weighted by Crippen LogP contribution is -2.38. The molecule has 0 spiro atoms. The molecule has 0 amide bonds. The van der Waals surface area contributed by atoms with Crippen molar-refractivity contribution in [1.29, 1.82) is 0 Å². The molecule has 1 nitrogen and oxygen atoms in total. The monoisotopic (exact) mass is 295 g/mol. The Balaban J connectivity index is 2.50. The minimum absolute atomic E-state index is 0.483. The SMILES string of the molecule is CCCCC1CCC(CCC(C)(C)C)(CNCCC)CC1. The summed E-state index contributed by atoms with van der Waals surface area (Å²) in [5.41, 5.74) is 1.09. The molecule has 1 N–H and O–H groups in total. The van der Waals surface area contributed by atoms with Crippen LogP contribution in [0.3, 0.4) is 0 Å². The third-order valence-electron chi connectivity index (χ3n) is 5.46. The van der Waals surface area contributed by atoms with Gasteiger partial charge in [0.2, 0.25) is 0 Å². The molecule has 0 aromatic rings. The topological polar surface area (TPSA) is 12.0 Å². The van der Waals surface area contributed by atoms with Gasteiger partial charge in [-0.25, -0.2) is 0 Å². The minimum atomic E-state index is 0.483. The van der Waals surface area contributed by atoms with E-state index in [1.165, 1.54) is 77.3 Å². The number of hydrogen-bond acceptors (Lipinski definition) is 1. The Morgan fingerprint density at radius 2 is 1.71 bits per heavy atom. The van der Waals surface area contributed by atoms with Crippen molar-refractivity contribution >= 4 is 0 Å². The van der Waals surface area contributed by atoms with Crippen molar-refractivity contribution in [3.63, 3.8) is 0 Å². The summed E-state index contributed by atoms with van der Waals surface area (Å²) >= 11 is 0. The molecule has 126 valence electrons. The molecule has 0 heterocycles. The average Bonchev–Trinajstić information content (AvgIpc) is 2.44. The van der Waals surface area contributed by atoms with E-state index >= 15 is 0 Å². The summed E-state index contributed by atoms with van der Waals surface area (Å²) in [7, 11) is 0. The molecule has 0 aromatic heterocycles. The molecule has 0 radical (unpaired) electrons. The largest absolute Gasteiger partial charge is 0.316 e. The fraction of sp³-hybridized carbons (Fsp3) is 1.00. The molecule has 0 aromatic carbocycles. The molecule has 0 atom stereocenters. The molecule has 0 saturated heterocycles. The third-order valence-corrected chi connectivity index (χ3v) is 5.46. The molecule has 0 bridgehead atoms. The van der Waals surface area contributed by atoms with E-state index < -0.39 is 0 Å². The van der Waals surface area contributed by atoms with Crippen LogP contribution in [0.5, 0.6) is 0 Å². The van der Waals surface area contributed by atoms with Gasteiger partial charge >= 0.3 is 0 Å². The van der Waals surface area contributed by atoms with Gasteiger partial charge in [-0.2, -0.15) is 0 Å². The van der Waals surface area contributed by atoms with E-state index in [4.69, 9.17) is 0 Å². The standard InChI is InChI=1S/C20H41N/c1-6-8-9-18-10-12-20(13-11-18,17-21-16-7-2)15-14-19(3,4)5/h18,21H,6-17H2,1-5H3. The lowest BCUT2D eigenvalue weighted by atomic mass is 9.65. The summed E-state index contributed by atoms with van der Waals surface area (Å²) < 4.78 is 0. The average molecular weight is 296 g/mol. The number of unbranched alkanes of at least 4 members (excludes halogenated alkanes) is 1. The van der Waals surface area contributed by atoms with Crippen molar-refractivity contribution in [1.82, 2.24) is 5.32 Å². The highest BCUT2D eigenvalue weighted by Gasteiger charge is 2.35. The van der Waals surface area contributed by atoms with E-state index in [2.05, 4.69) is 39.9 Å². The van der Waals surface area contributed by atoms with Gasteiger partial charge in [-0.05, 0) is 68.2 Å². The summed E-state index contributed by atoms with van der Waals surface area (Å²) in [6, 6.07) is 0. The molecule has 1 aliphatic rings. The van der Waals surface area contributed by atoms with Gasteiger partial charge < -0.3 is 5.32 Å². The van der Waals surface area contributed by atoms with Crippen molar-refractivity contribution < 1.29 is 0 Å². The summed E-state index contributed by atoms with van der Waals surface area (Å²) in [4.78, 5) is 0. The van der Waals surface area contributed by atoms with Crippen molar-refractivity contribution in [2.75, 3.05) is 13.1 Å². The summed E-state index contributed by atoms with van der Waals surface area (Å²) in [6.45, 7) is 14.2. The maximum atomic E-state index is 3.74. The van der Waals surface area contributed by atoms with Crippen molar-refractivity contribution in [2.24, 2.45) is 16.7 Å². The van der Waals surface area contributed by atoms with E-state index in [1.54, 1.807) is 0 Å². The van der Waals surface area contributed by atoms with Crippen molar-refractivity contribution in [3.8, 4) is 0 Å². The van der Waals surface area contributed by atoms with Gasteiger partial charge in [-0.15, -0.1) is 0 Å². The highest BCUT2D eigenvalue weighted by molar-refractivity contribution is 4.88. The number of rotatable bonds is 9. The van der Waals surface area contributed by atoms with Crippen LogP contribution in [-0.4, -0.2) is 13.1 Å². The molecular weight excluding hydrogens is 254 g/mol. The second-order valence-electron chi connectivity index (χ2n) is 8.82. The molecule has 1 heteroatoms. The van der Waals surface area contributed by atoms with Crippen LogP contribution in [0.15, 0.2) is 0 Å². The maximum absolute atomic E-state index is 3.74. The highest BCUT2D eigenvalue weighted by Crippen LogP contribution is 2.45. The molecule has 0 unspecified atom stereocenters. The Bertz CT molecular complexity index is 256. The smallest absolute Gasteiger partial charge is 0.000781 e. The van der Waals surface area contributed by atoms with E-state index in [-0.39, 0.29) is 0 Å². The Morgan fingerprint density at radius 1 is 1.05 bits per heavy atom. The lowest BCUT2D eigenvalue weighted by Gasteiger charge is -2.42. The van der Waals surface area contributed by atoms with Crippen LogP contribution in [0.25, 0.3) is 0 Å². The Hall–Kier alpha value is -0.0400. The zero-order valence-corrected chi connectivity index (χ0v) is 15.6. The van der Waals surface area contributed by atoms with Crippen molar-refractivity contribution in [2.45, 2.75) is 98.8 Å². The Labute approximate surface area is 134 Å². The normalized spacial score (nSPS) is 27.0. The van der Waals surface area contributed by atoms with Gasteiger partial charge in [-0.1, -0.05) is 53.9 Å². The summed E-state index contributed by atoms with van der Waals surface area (Å²) in [6.07, 6.45) is 14.2. The molecular formula is C20H41N. The molecule has 1 saturated carbocycles. The van der Waals surface area contributed by atoms with E-state index in [0.717, 1.165) is 5.92 Å². The predicted molar refractivity (Wildman–Crippen MR) is 95.8 cm³/mol. The van der Waals surface area contributed by atoms with E-state index in [0.29, 0.717) is 10.8 Å². The van der Waals surface area contributed by atoms with Crippen LogP contribution in [0, 0.1) is 16.7 Å². The number of hydrogen-bond donors (Lipinski definition) is 1. The Morgan fingerprint density at radius 3 is 2.24 bits per heavy atom. The lowest BCUT2D eigenvalue weighted by molar-refractivity contribution is 0.111. The number of nitrogens with one attached hydrogen (secondary N) is 1. The van der Waals surface area contributed by atoms with Gasteiger partial charge in [0.05, 0.1) is 0 Å². The predicted octanol–water partition coefficient (Wildman–Crippen LogP) is 6.18. The van der Waals surface area contributed by atoms with Crippen LogP contribution < -0.4 is 5.32 Å². The quantitative estimate of drug-likeness (QED) is 0.501. The first-order valence-electron chi connectivity index (χ1n) is 9.61. The summed E-state index contributed by atoms with van der Waals surface area (Å²) in [5, 5.41) is 3.74. The molecule has 1 fully saturated rings. The van der Waals surface area contributed by atoms with Gasteiger partial charge in [0.25, 0.3) is 0 Å². The molecule has 1 aliphatic carbocycles. The maximum Gasteiger partial charge on any atom is 0.000781 e. The second-order valence-corrected chi connectivity index (χ2v) is 8.82. The van der Waals surface area contributed by atoms with Crippen LogP contribution in [-0.2, 0) is 0 Å². The first-order chi connectivity index (χ1) is 9.91. The van der Waals surface area contributed by atoms with Gasteiger partial charge in [0, 0.05) is 6.54 Å². The zero-order valence-electron chi connectivity index (χ0n) is 15.6. The zero-order chi connectivity index (χ0) is 15.8. The van der Waals surface area contributed by atoms with Gasteiger partial charge in [0.1, 0.15) is 0 Å². The van der Waals surface area contributed by atoms with Gasteiger partial charge in [-0.3, -0.25) is 0 Å². The fourth-order valence-corrected chi connectivity index (χ4v) is 3.76. The highest BCUT2D eigenvalue weighted by atomic mass is 14.9. The minimum Gasteiger partial charge on any atom is -0.316 e.